The number of nitrogens with zero attached hydrogens (tertiary/aromatic N) is 1. The molecule has 2 aromatic rings. The molecule has 1 aromatic heterocycles. The molecular weight excluding hydrogens is 263 g/mol. The van der Waals surface area contributed by atoms with Crippen molar-refractivity contribution in [3.8, 4) is 0 Å². The Labute approximate surface area is 115 Å². The molecule has 0 saturated heterocycles. The second-order valence-corrected chi connectivity index (χ2v) is 5.33. The lowest BCUT2D eigenvalue weighted by Crippen LogP contribution is -2.23. The third kappa shape index (κ3) is 4.44. The molecule has 0 fully saturated rings. The van der Waals surface area contributed by atoms with Gasteiger partial charge in [0.25, 0.3) is 0 Å². The maximum absolute atomic E-state index is 13.0. The van der Waals surface area contributed by atoms with E-state index in [2.05, 4.69) is 10.3 Å². The van der Waals surface area contributed by atoms with Crippen LogP contribution in [-0.2, 0) is 17.8 Å². The molecule has 1 amide bonds. The molecule has 0 bridgehead atoms. The summed E-state index contributed by atoms with van der Waals surface area (Å²) in [5.41, 5.74) is 1.71. The predicted molar refractivity (Wildman–Crippen MR) is 73.4 cm³/mol. The lowest BCUT2D eigenvalue weighted by atomic mass is 10.1. The Balaban J connectivity index is 1.75. The van der Waals surface area contributed by atoms with Gasteiger partial charge in [-0.15, -0.1) is 11.3 Å². The van der Waals surface area contributed by atoms with Crippen LogP contribution in [0.1, 0.15) is 22.7 Å². The third-order valence-corrected chi connectivity index (χ3v) is 3.49. The summed E-state index contributed by atoms with van der Waals surface area (Å²) >= 11 is 1.56. The summed E-state index contributed by atoms with van der Waals surface area (Å²) in [6.45, 7) is 2.38. The van der Waals surface area contributed by atoms with Crippen LogP contribution in [0, 0.1) is 12.7 Å². The van der Waals surface area contributed by atoms with Crippen LogP contribution in [-0.4, -0.2) is 10.9 Å². The fourth-order valence-electron chi connectivity index (χ4n) is 1.72. The number of aryl methyl sites for hydroxylation is 2. The Hall–Kier alpha value is -1.75. The lowest BCUT2D eigenvalue weighted by molar-refractivity contribution is -0.121. The molecule has 1 N–H and O–H groups in total. The van der Waals surface area contributed by atoms with Crippen LogP contribution in [0.5, 0.6) is 0 Å². The highest BCUT2D eigenvalue weighted by molar-refractivity contribution is 7.09. The predicted octanol–water partition coefficient (Wildman–Crippen LogP) is 2.84. The van der Waals surface area contributed by atoms with Gasteiger partial charge in [0.1, 0.15) is 5.82 Å². The maximum Gasteiger partial charge on any atom is 0.220 e. The number of aromatic nitrogens is 1. The summed E-state index contributed by atoms with van der Waals surface area (Å²) in [5.74, 6) is -0.314. The number of halogens is 1. The van der Waals surface area contributed by atoms with Gasteiger partial charge in [-0.3, -0.25) is 4.79 Å². The number of hydrogen-bond donors (Lipinski definition) is 1. The second kappa shape index (κ2) is 6.43. The number of nitrogens with one attached hydrogen (secondary N) is 1. The first-order valence-corrected chi connectivity index (χ1v) is 6.93. The highest BCUT2D eigenvalue weighted by atomic mass is 32.1. The summed E-state index contributed by atoms with van der Waals surface area (Å²) in [4.78, 5) is 15.9. The van der Waals surface area contributed by atoms with E-state index in [4.69, 9.17) is 0 Å². The van der Waals surface area contributed by atoms with Crippen LogP contribution < -0.4 is 5.32 Å². The van der Waals surface area contributed by atoms with Crippen LogP contribution in [0.3, 0.4) is 0 Å². The van der Waals surface area contributed by atoms with Gasteiger partial charge in [0.2, 0.25) is 5.91 Å². The van der Waals surface area contributed by atoms with Crippen LogP contribution in [0.2, 0.25) is 0 Å². The fraction of sp³-hybridized carbons (Fsp3) is 0.286. The average molecular weight is 278 g/mol. The number of carbonyl (C=O) groups is 1. The molecule has 0 radical (unpaired) electrons. The summed E-state index contributed by atoms with van der Waals surface area (Å²) in [6, 6.07) is 6.33. The minimum atomic E-state index is -0.268. The highest BCUT2D eigenvalue weighted by Gasteiger charge is 2.04. The first kappa shape index (κ1) is 13.7. The zero-order chi connectivity index (χ0) is 13.7. The smallest absolute Gasteiger partial charge is 0.220 e. The summed E-state index contributed by atoms with van der Waals surface area (Å²) in [7, 11) is 0. The van der Waals surface area contributed by atoms with E-state index in [1.807, 2.05) is 18.4 Å². The summed E-state index contributed by atoms with van der Waals surface area (Å²) in [5, 5.41) is 5.73. The van der Waals surface area contributed by atoms with Gasteiger partial charge in [0.15, 0.2) is 0 Å². The molecule has 0 spiro atoms. The van der Waals surface area contributed by atoms with Crippen molar-refractivity contribution >= 4 is 17.2 Å². The maximum atomic E-state index is 13.0. The number of benzene rings is 1. The summed E-state index contributed by atoms with van der Waals surface area (Å²) < 4.78 is 13.0. The summed E-state index contributed by atoms with van der Waals surface area (Å²) in [6.07, 6.45) is 0.895. The Morgan fingerprint density at radius 3 is 3.00 bits per heavy atom. The van der Waals surface area contributed by atoms with E-state index in [9.17, 15) is 9.18 Å². The van der Waals surface area contributed by atoms with Gasteiger partial charge in [-0.2, -0.15) is 0 Å². The topological polar surface area (TPSA) is 42.0 Å². The van der Waals surface area contributed by atoms with E-state index >= 15 is 0 Å². The van der Waals surface area contributed by atoms with Gasteiger partial charge in [-0.1, -0.05) is 12.1 Å². The zero-order valence-electron chi connectivity index (χ0n) is 10.6. The van der Waals surface area contributed by atoms with Crippen molar-refractivity contribution in [1.29, 1.82) is 0 Å². The Morgan fingerprint density at radius 1 is 1.47 bits per heavy atom. The molecule has 3 nitrogen and oxygen atoms in total. The van der Waals surface area contributed by atoms with Gasteiger partial charge in [-0.05, 0) is 31.0 Å². The van der Waals surface area contributed by atoms with Crippen molar-refractivity contribution in [1.82, 2.24) is 10.3 Å². The van der Waals surface area contributed by atoms with Crippen molar-refractivity contribution in [2.45, 2.75) is 26.3 Å². The SMILES string of the molecule is Cc1nc(CNC(=O)CCc2cccc(F)c2)cs1. The van der Waals surface area contributed by atoms with Crippen molar-refractivity contribution in [3.63, 3.8) is 0 Å². The monoisotopic (exact) mass is 278 g/mol. The molecule has 19 heavy (non-hydrogen) atoms. The normalized spacial score (nSPS) is 10.4. The van der Waals surface area contributed by atoms with Gasteiger partial charge < -0.3 is 5.32 Å². The van der Waals surface area contributed by atoms with Crippen molar-refractivity contribution in [2.24, 2.45) is 0 Å². The average Bonchev–Trinajstić information content (AvgIpc) is 2.80. The number of thiazole rings is 1. The van der Waals surface area contributed by atoms with Crippen molar-refractivity contribution in [3.05, 3.63) is 51.7 Å². The minimum absolute atomic E-state index is 0.0464. The minimum Gasteiger partial charge on any atom is -0.350 e. The van der Waals surface area contributed by atoms with Crippen molar-refractivity contribution < 1.29 is 9.18 Å². The fourth-order valence-corrected chi connectivity index (χ4v) is 2.33. The highest BCUT2D eigenvalue weighted by Crippen LogP contribution is 2.08. The van der Waals surface area contributed by atoms with E-state index in [0.717, 1.165) is 16.3 Å². The first-order valence-electron chi connectivity index (χ1n) is 6.05. The van der Waals surface area contributed by atoms with E-state index in [-0.39, 0.29) is 11.7 Å². The van der Waals surface area contributed by atoms with E-state index in [1.165, 1.54) is 12.1 Å². The zero-order valence-corrected chi connectivity index (χ0v) is 11.5. The van der Waals surface area contributed by atoms with Gasteiger partial charge >= 0.3 is 0 Å². The number of hydrogen-bond acceptors (Lipinski definition) is 3. The molecule has 0 unspecified atom stereocenters. The molecule has 0 aliphatic heterocycles. The second-order valence-electron chi connectivity index (χ2n) is 4.26. The molecule has 1 heterocycles. The van der Waals surface area contributed by atoms with Crippen molar-refractivity contribution in [2.75, 3.05) is 0 Å². The third-order valence-electron chi connectivity index (χ3n) is 2.66. The standard InChI is InChI=1S/C14H15FN2OS/c1-10-17-13(9-19-10)8-16-14(18)6-5-11-3-2-4-12(15)7-11/h2-4,7,9H,5-6,8H2,1H3,(H,16,18). The quantitative estimate of drug-likeness (QED) is 0.913. The first-order chi connectivity index (χ1) is 9.13. The van der Waals surface area contributed by atoms with Crippen LogP contribution in [0.4, 0.5) is 4.39 Å². The number of carbonyl (C=O) groups excluding carboxylic acids is 1. The Kier molecular flexibility index (Phi) is 4.63. The Morgan fingerprint density at radius 2 is 2.32 bits per heavy atom. The number of amides is 1. The van der Waals surface area contributed by atoms with Gasteiger partial charge in [0, 0.05) is 11.8 Å². The van der Waals surface area contributed by atoms with Crippen LogP contribution >= 0.6 is 11.3 Å². The molecule has 0 aliphatic carbocycles. The number of rotatable bonds is 5. The van der Waals surface area contributed by atoms with Gasteiger partial charge in [0.05, 0.1) is 17.2 Å². The molecule has 0 saturated carbocycles. The lowest BCUT2D eigenvalue weighted by Gasteiger charge is -2.03. The molecule has 1 aromatic carbocycles. The molecule has 100 valence electrons. The molecule has 0 aliphatic rings. The van der Waals surface area contributed by atoms with Gasteiger partial charge in [-0.25, -0.2) is 9.37 Å². The molecule has 0 atom stereocenters. The van der Waals surface area contributed by atoms with E-state index in [1.54, 1.807) is 17.4 Å². The largest absolute Gasteiger partial charge is 0.350 e. The molecule has 5 heteroatoms. The van der Waals surface area contributed by atoms with E-state index < -0.39 is 0 Å². The molecule has 2 rings (SSSR count). The molecular formula is C14H15FN2OS. The Bertz CT molecular complexity index is 568. The van der Waals surface area contributed by atoms with Crippen LogP contribution in [0.25, 0.3) is 0 Å². The van der Waals surface area contributed by atoms with Crippen LogP contribution in [0.15, 0.2) is 29.6 Å². The van der Waals surface area contributed by atoms with E-state index in [0.29, 0.717) is 19.4 Å².